The van der Waals surface area contributed by atoms with Crippen LogP contribution in [0.3, 0.4) is 0 Å². The van der Waals surface area contributed by atoms with Crippen molar-refractivity contribution in [2.45, 2.75) is 12.8 Å². The molecule has 0 radical (unpaired) electrons. The monoisotopic (exact) mass is 403 g/mol. The van der Waals surface area contributed by atoms with Gasteiger partial charge in [-0.15, -0.1) is 0 Å². The second kappa shape index (κ2) is 8.36. The minimum absolute atomic E-state index is 0.00211. The summed E-state index contributed by atoms with van der Waals surface area (Å²) in [6, 6.07) is 30.0. The van der Waals surface area contributed by atoms with Crippen LogP contribution in [0.15, 0.2) is 109 Å². The lowest BCUT2D eigenvalue weighted by atomic mass is 9.91. The largest absolute Gasteiger partial charge is 0.317 e. The topological polar surface area (TPSA) is 46.1 Å². The van der Waals surface area contributed by atoms with Crippen molar-refractivity contribution in [2.24, 2.45) is 0 Å². The number of carbonyl (C=O) groups is 1. The summed E-state index contributed by atoms with van der Waals surface area (Å²) in [5.41, 5.74) is 5.15. The number of anilines is 2. The van der Waals surface area contributed by atoms with E-state index in [0.29, 0.717) is 24.2 Å². The van der Waals surface area contributed by atoms with Gasteiger partial charge in [-0.2, -0.15) is 0 Å². The van der Waals surface area contributed by atoms with Crippen LogP contribution in [0.2, 0.25) is 0 Å². The first kappa shape index (κ1) is 18.9. The van der Waals surface area contributed by atoms with Crippen LogP contribution in [0.1, 0.15) is 22.5 Å². The number of aryl methyl sites for hydroxylation is 1. The molecule has 4 aromatic rings. The Morgan fingerprint density at radius 1 is 0.742 bits per heavy atom. The van der Waals surface area contributed by atoms with Gasteiger partial charge < -0.3 is 4.90 Å². The number of nitrogens with zero attached hydrogens (tertiary/aromatic N) is 3. The number of aromatic nitrogens is 2. The van der Waals surface area contributed by atoms with Crippen molar-refractivity contribution in [1.82, 2.24) is 9.97 Å². The van der Waals surface area contributed by atoms with Crippen molar-refractivity contribution in [3.05, 3.63) is 120 Å². The number of para-hydroxylation sites is 2. The highest BCUT2D eigenvalue weighted by Gasteiger charge is 2.25. The van der Waals surface area contributed by atoms with Crippen LogP contribution in [-0.4, -0.2) is 15.8 Å². The Kier molecular flexibility index (Phi) is 5.11. The smallest absolute Gasteiger partial charge is 0.193 e. The lowest BCUT2D eigenvalue weighted by Crippen LogP contribution is -2.20. The zero-order valence-electron chi connectivity index (χ0n) is 17.0. The fourth-order valence-corrected chi connectivity index (χ4v) is 3.82. The summed E-state index contributed by atoms with van der Waals surface area (Å²) < 4.78 is 0. The lowest BCUT2D eigenvalue weighted by molar-refractivity contribution is 0.102. The fraction of sp³-hybridized carbons (Fsp3) is 0.0741. The summed E-state index contributed by atoms with van der Waals surface area (Å²) in [6.07, 6.45) is 5.00. The molecule has 0 bridgehead atoms. The molecular formula is C27H21N3O. The molecule has 0 unspecified atom stereocenters. The van der Waals surface area contributed by atoms with E-state index in [9.17, 15) is 4.79 Å². The summed E-state index contributed by atoms with van der Waals surface area (Å²) in [7, 11) is 0. The summed E-state index contributed by atoms with van der Waals surface area (Å²) in [6.45, 7) is 0. The number of Topliss-reactive ketones (excluding diaryl/α,β-unsaturated/α-hetero) is 1. The molecule has 1 aliphatic carbocycles. The number of hydrogen-bond donors (Lipinski definition) is 0. The highest BCUT2D eigenvalue weighted by atomic mass is 16.1. The number of hydrogen-bond acceptors (Lipinski definition) is 4. The maximum atomic E-state index is 13.3. The molecule has 0 aliphatic heterocycles. The van der Waals surface area contributed by atoms with Crippen molar-refractivity contribution in [3.63, 3.8) is 0 Å². The third-order valence-electron chi connectivity index (χ3n) is 5.42. The van der Waals surface area contributed by atoms with E-state index in [1.165, 1.54) is 0 Å². The molecule has 31 heavy (non-hydrogen) atoms. The predicted octanol–water partition coefficient (Wildman–Crippen LogP) is 5.99. The average molecular weight is 403 g/mol. The minimum Gasteiger partial charge on any atom is -0.317 e. The van der Waals surface area contributed by atoms with Gasteiger partial charge in [0.1, 0.15) is 0 Å². The third-order valence-corrected chi connectivity index (χ3v) is 5.42. The molecule has 150 valence electrons. The average Bonchev–Trinajstić information content (AvgIpc) is 2.85. The minimum atomic E-state index is -0.00211. The van der Waals surface area contributed by atoms with Gasteiger partial charge in [0.25, 0.3) is 0 Å². The second-order valence-corrected chi connectivity index (χ2v) is 7.44. The van der Waals surface area contributed by atoms with E-state index >= 15 is 0 Å². The Labute approximate surface area is 181 Å². The molecule has 0 amide bonds. The highest BCUT2D eigenvalue weighted by molar-refractivity contribution is 6.10. The second-order valence-electron chi connectivity index (χ2n) is 7.44. The van der Waals surface area contributed by atoms with E-state index in [2.05, 4.69) is 9.88 Å². The summed E-state index contributed by atoms with van der Waals surface area (Å²) in [5, 5.41) is 0. The first-order chi connectivity index (χ1) is 15.3. The Morgan fingerprint density at radius 3 is 1.94 bits per heavy atom. The van der Waals surface area contributed by atoms with Crippen LogP contribution in [0, 0.1) is 0 Å². The normalized spacial score (nSPS) is 14.3. The van der Waals surface area contributed by atoms with E-state index in [0.717, 1.165) is 28.2 Å². The molecule has 1 aromatic heterocycles. The standard InChI is InChI=1S/C27H21N3O/c31-26-21(19-30(22-12-6-2-7-13-22)23-14-8-3-9-15-23)16-17-25-24(26)18-28-27(29-25)20-10-4-1-5-11-20/h1-15,18-19H,16-17H2/b21-19+. The fourth-order valence-electron chi connectivity index (χ4n) is 3.82. The van der Waals surface area contributed by atoms with E-state index in [4.69, 9.17) is 4.98 Å². The Balaban J connectivity index is 1.51. The van der Waals surface area contributed by atoms with E-state index < -0.39 is 0 Å². The van der Waals surface area contributed by atoms with Crippen LogP contribution in [0.4, 0.5) is 11.4 Å². The van der Waals surface area contributed by atoms with Crippen LogP contribution in [0.5, 0.6) is 0 Å². The molecule has 0 atom stereocenters. The zero-order valence-corrected chi connectivity index (χ0v) is 17.0. The SMILES string of the molecule is O=C1/C(=C/N(c2ccccc2)c2ccccc2)CCc2nc(-c3ccccc3)ncc21. The predicted molar refractivity (Wildman–Crippen MR) is 123 cm³/mol. The number of ketones is 1. The van der Waals surface area contributed by atoms with Gasteiger partial charge in [0, 0.05) is 34.9 Å². The summed E-state index contributed by atoms with van der Waals surface area (Å²) in [4.78, 5) is 24.5. The Bertz CT molecular complexity index is 1200. The Morgan fingerprint density at radius 2 is 1.32 bits per heavy atom. The number of benzene rings is 3. The van der Waals surface area contributed by atoms with Crippen LogP contribution < -0.4 is 4.90 Å². The van der Waals surface area contributed by atoms with Crippen molar-refractivity contribution in [3.8, 4) is 11.4 Å². The first-order valence-corrected chi connectivity index (χ1v) is 10.4. The van der Waals surface area contributed by atoms with Crippen molar-refractivity contribution in [2.75, 3.05) is 4.90 Å². The molecule has 4 nitrogen and oxygen atoms in total. The van der Waals surface area contributed by atoms with Gasteiger partial charge in [-0.05, 0) is 37.1 Å². The van der Waals surface area contributed by atoms with Gasteiger partial charge in [0.15, 0.2) is 11.6 Å². The van der Waals surface area contributed by atoms with Gasteiger partial charge >= 0.3 is 0 Å². The molecule has 0 N–H and O–H groups in total. The summed E-state index contributed by atoms with van der Waals surface area (Å²) in [5.74, 6) is 0.660. The van der Waals surface area contributed by atoms with Crippen molar-refractivity contribution < 1.29 is 4.79 Å². The third kappa shape index (κ3) is 3.88. The molecule has 1 aliphatic rings. The van der Waals surface area contributed by atoms with E-state index in [1.807, 2.05) is 97.2 Å². The van der Waals surface area contributed by atoms with Gasteiger partial charge in [-0.3, -0.25) is 4.79 Å². The molecule has 0 saturated carbocycles. The maximum absolute atomic E-state index is 13.3. The quantitative estimate of drug-likeness (QED) is 0.392. The number of fused-ring (bicyclic) bond motifs is 1. The number of rotatable bonds is 4. The number of carbonyl (C=O) groups excluding carboxylic acids is 1. The summed E-state index contributed by atoms with van der Waals surface area (Å²) >= 11 is 0. The first-order valence-electron chi connectivity index (χ1n) is 10.4. The van der Waals surface area contributed by atoms with Gasteiger partial charge in [0.2, 0.25) is 0 Å². The molecular weight excluding hydrogens is 382 g/mol. The molecule has 0 fully saturated rings. The Hall–Kier alpha value is -4.05. The van der Waals surface area contributed by atoms with Crippen LogP contribution >= 0.6 is 0 Å². The van der Waals surface area contributed by atoms with Crippen molar-refractivity contribution in [1.29, 1.82) is 0 Å². The molecule has 1 heterocycles. The van der Waals surface area contributed by atoms with E-state index in [1.54, 1.807) is 6.20 Å². The van der Waals surface area contributed by atoms with Gasteiger partial charge in [-0.1, -0.05) is 66.7 Å². The maximum Gasteiger partial charge on any atom is 0.193 e. The van der Waals surface area contributed by atoms with Crippen LogP contribution in [0.25, 0.3) is 11.4 Å². The molecule has 0 spiro atoms. The molecule has 4 heteroatoms. The highest BCUT2D eigenvalue weighted by Crippen LogP contribution is 2.30. The lowest BCUT2D eigenvalue weighted by Gasteiger charge is -2.24. The van der Waals surface area contributed by atoms with E-state index in [-0.39, 0.29) is 5.78 Å². The molecule has 0 saturated heterocycles. The number of allylic oxidation sites excluding steroid dienone is 1. The van der Waals surface area contributed by atoms with Crippen LogP contribution in [-0.2, 0) is 6.42 Å². The molecule has 5 rings (SSSR count). The van der Waals surface area contributed by atoms with Gasteiger partial charge in [-0.25, -0.2) is 9.97 Å². The molecule has 3 aromatic carbocycles. The zero-order chi connectivity index (χ0) is 21.0. The van der Waals surface area contributed by atoms with Gasteiger partial charge in [0.05, 0.1) is 11.3 Å². The van der Waals surface area contributed by atoms with Crippen molar-refractivity contribution >= 4 is 17.2 Å².